The van der Waals surface area contributed by atoms with Gasteiger partial charge in [-0.25, -0.2) is 4.98 Å². The van der Waals surface area contributed by atoms with E-state index in [1.807, 2.05) is 35.2 Å². The first-order valence-corrected chi connectivity index (χ1v) is 12.9. The van der Waals surface area contributed by atoms with Crippen LogP contribution in [0.1, 0.15) is 37.7 Å². The molecular weight excluding hydrogens is 458 g/mol. The Morgan fingerprint density at radius 1 is 1.14 bits per heavy atom. The predicted molar refractivity (Wildman–Crippen MR) is 137 cm³/mol. The zero-order chi connectivity index (χ0) is 25.3. The lowest BCUT2D eigenvalue weighted by molar-refractivity contribution is -0.136. The summed E-state index contributed by atoms with van der Waals surface area (Å²) in [5.74, 6) is 0.908. The molecule has 1 amide bonds. The van der Waals surface area contributed by atoms with Gasteiger partial charge in [0.05, 0.1) is 38.2 Å². The lowest BCUT2D eigenvalue weighted by Gasteiger charge is -2.53. The van der Waals surface area contributed by atoms with Crippen LogP contribution >= 0.6 is 0 Å². The molecule has 5 rings (SSSR count). The number of morpholine rings is 1. The number of nitrogens with zero attached hydrogens (tertiary/aromatic N) is 5. The molecular formula is C27H37N5O4. The normalized spacial score (nSPS) is 22.3. The Kier molecular flexibility index (Phi) is 6.89. The third-order valence-electron chi connectivity index (χ3n) is 7.95. The number of rotatable bonds is 6. The van der Waals surface area contributed by atoms with Gasteiger partial charge in [-0.05, 0) is 31.4 Å². The number of likely N-dealkylation sites (N-methyl/N-ethyl adjacent to an activating group) is 1. The van der Waals surface area contributed by atoms with Crippen molar-refractivity contribution < 1.29 is 14.6 Å². The Bertz CT molecular complexity index is 1120. The molecule has 1 aromatic heterocycles. The van der Waals surface area contributed by atoms with Crippen LogP contribution in [0.3, 0.4) is 0 Å². The molecule has 1 N–H and O–H groups in total. The molecule has 9 heteroatoms. The molecule has 3 saturated heterocycles. The van der Waals surface area contributed by atoms with Crippen LogP contribution in [0.2, 0.25) is 0 Å². The van der Waals surface area contributed by atoms with E-state index in [0.29, 0.717) is 38.2 Å². The molecule has 0 saturated carbocycles. The smallest absolute Gasteiger partial charge is 0.255 e. The maximum atomic E-state index is 12.8. The summed E-state index contributed by atoms with van der Waals surface area (Å²) < 4.78 is 7.49. The van der Waals surface area contributed by atoms with Crippen LogP contribution in [0.4, 0.5) is 5.82 Å². The topological polar surface area (TPSA) is 91.1 Å². The van der Waals surface area contributed by atoms with E-state index in [0.717, 1.165) is 38.3 Å². The number of aromatic nitrogens is 2. The highest BCUT2D eigenvalue weighted by atomic mass is 16.5. The first-order chi connectivity index (χ1) is 17.2. The number of aliphatic hydroxyl groups is 1. The third-order valence-corrected chi connectivity index (χ3v) is 7.95. The lowest BCUT2D eigenvalue weighted by atomic mass is 9.90. The number of anilines is 1. The summed E-state index contributed by atoms with van der Waals surface area (Å²) >= 11 is 0. The van der Waals surface area contributed by atoms with E-state index in [1.165, 1.54) is 10.9 Å². The zero-order valence-electron chi connectivity index (χ0n) is 21.3. The zero-order valence-corrected chi connectivity index (χ0v) is 21.3. The Morgan fingerprint density at radius 3 is 2.53 bits per heavy atom. The first-order valence-electron chi connectivity index (χ1n) is 12.9. The quantitative estimate of drug-likeness (QED) is 0.646. The van der Waals surface area contributed by atoms with Gasteiger partial charge in [-0.1, -0.05) is 37.3 Å². The average Bonchev–Trinajstić information content (AvgIpc) is 2.84. The molecule has 3 aliphatic heterocycles. The van der Waals surface area contributed by atoms with Crippen molar-refractivity contribution in [1.82, 2.24) is 19.4 Å². The van der Waals surface area contributed by atoms with Gasteiger partial charge in [0.2, 0.25) is 5.91 Å². The molecule has 1 atom stereocenters. The van der Waals surface area contributed by atoms with Gasteiger partial charge in [-0.15, -0.1) is 0 Å². The minimum Gasteiger partial charge on any atom is -0.388 e. The van der Waals surface area contributed by atoms with Crippen molar-refractivity contribution in [2.24, 2.45) is 0 Å². The fraction of sp³-hybridized carbons (Fsp3) is 0.593. The first kappa shape index (κ1) is 24.9. The second-order valence-corrected chi connectivity index (χ2v) is 11.0. The van der Waals surface area contributed by atoms with E-state index < -0.39 is 5.60 Å². The van der Waals surface area contributed by atoms with Gasteiger partial charge < -0.3 is 24.5 Å². The van der Waals surface area contributed by atoms with E-state index in [4.69, 9.17) is 4.74 Å². The number of carbonyl (C=O) groups is 1. The minimum atomic E-state index is -1.03. The summed E-state index contributed by atoms with van der Waals surface area (Å²) in [5, 5.41) is 11.2. The molecule has 0 aliphatic carbocycles. The third kappa shape index (κ3) is 5.33. The van der Waals surface area contributed by atoms with Crippen molar-refractivity contribution in [1.29, 1.82) is 0 Å². The van der Waals surface area contributed by atoms with Crippen LogP contribution in [-0.4, -0.2) is 94.5 Å². The van der Waals surface area contributed by atoms with Gasteiger partial charge in [-0.3, -0.25) is 14.2 Å². The molecule has 1 aromatic carbocycles. The van der Waals surface area contributed by atoms with E-state index in [1.54, 1.807) is 6.07 Å². The summed E-state index contributed by atoms with van der Waals surface area (Å²) in [7, 11) is 2.10. The van der Waals surface area contributed by atoms with Gasteiger partial charge in [0.1, 0.15) is 11.4 Å². The molecule has 9 nitrogen and oxygen atoms in total. The standard InChI is InChI=1S/C27H37N5O4/c1-21(22-6-4-3-5-7-22)14-24(33)30-10-8-26(35,9-11-30)16-32-20-28-23(15-25(32)34)31-18-27(19-31)17-29(2)12-13-36-27/h3-7,15,20-21,35H,8-14,16-19H2,1-2H3/t21-/m1/s1. The fourth-order valence-corrected chi connectivity index (χ4v) is 5.68. The number of carbonyl (C=O) groups excluding carboxylic acids is 1. The van der Waals surface area contributed by atoms with Crippen molar-refractivity contribution >= 4 is 11.7 Å². The number of hydrogen-bond acceptors (Lipinski definition) is 7. The Labute approximate surface area is 212 Å². The number of hydrogen-bond donors (Lipinski definition) is 1. The van der Waals surface area contributed by atoms with Crippen LogP contribution in [0.15, 0.2) is 47.5 Å². The second-order valence-electron chi connectivity index (χ2n) is 11.0. The van der Waals surface area contributed by atoms with Crippen LogP contribution in [0.25, 0.3) is 0 Å². The van der Waals surface area contributed by atoms with Gasteiger partial charge >= 0.3 is 0 Å². The van der Waals surface area contributed by atoms with E-state index >= 15 is 0 Å². The van der Waals surface area contributed by atoms with Crippen molar-refractivity contribution in [2.75, 3.05) is 57.8 Å². The van der Waals surface area contributed by atoms with Crippen molar-refractivity contribution in [3.05, 3.63) is 58.6 Å². The molecule has 3 fully saturated rings. The van der Waals surface area contributed by atoms with Crippen molar-refractivity contribution in [3.8, 4) is 0 Å². The van der Waals surface area contributed by atoms with Crippen LogP contribution in [0, 0.1) is 0 Å². The largest absolute Gasteiger partial charge is 0.388 e. The number of amides is 1. The Morgan fingerprint density at radius 2 is 1.86 bits per heavy atom. The predicted octanol–water partition coefficient (Wildman–Crippen LogP) is 1.31. The van der Waals surface area contributed by atoms with Crippen LogP contribution < -0.4 is 10.5 Å². The number of ether oxygens (including phenoxy) is 1. The summed E-state index contributed by atoms with van der Waals surface area (Å²) in [4.78, 5) is 36.3. The molecule has 194 valence electrons. The van der Waals surface area contributed by atoms with Gasteiger partial charge in [0, 0.05) is 38.7 Å². The molecule has 0 bridgehead atoms. The summed E-state index contributed by atoms with van der Waals surface area (Å²) in [6.07, 6.45) is 2.86. The summed E-state index contributed by atoms with van der Waals surface area (Å²) in [5.41, 5.74) is -0.216. The average molecular weight is 496 g/mol. The molecule has 36 heavy (non-hydrogen) atoms. The second kappa shape index (κ2) is 9.95. The minimum absolute atomic E-state index is 0.108. The SMILES string of the molecule is C[C@H](CC(=O)N1CCC(O)(Cn2cnc(N3CC4(CN(C)CCO4)C3)cc2=O)CC1)c1ccccc1. The molecule has 0 unspecified atom stereocenters. The van der Waals surface area contributed by atoms with E-state index in [2.05, 4.69) is 28.8 Å². The van der Waals surface area contributed by atoms with Gasteiger partial charge in [0.15, 0.2) is 0 Å². The fourth-order valence-electron chi connectivity index (χ4n) is 5.68. The lowest BCUT2D eigenvalue weighted by Crippen LogP contribution is -2.70. The van der Waals surface area contributed by atoms with Crippen molar-refractivity contribution in [3.63, 3.8) is 0 Å². The number of likely N-dealkylation sites (tertiary alicyclic amines) is 1. The van der Waals surface area contributed by atoms with Gasteiger partial charge in [0.25, 0.3) is 5.56 Å². The van der Waals surface area contributed by atoms with Crippen molar-refractivity contribution in [2.45, 2.75) is 49.9 Å². The molecule has 0 radical (unpaired) electrons. The maximum absolute atomic E-state index is 12.8. The van der Waals surface area contributed by atoms with Crippen LogP contribution in [0.5, 0.6) is 0 Å². The molecule has 1 spiro atoms. The van der Waals surface area contributed by atoms with Gasteiger partial charge in [-0.2, -0.15) is 0 Å². The Balaban J connectivity index is 1.13. The molecule has 2 aromatic rings. The molecule has 4 heterocycles. The molecule has 3 aliphatic rings. The maximum Gasteiger partial charge on any atom is 0.255 e. The highest BCUT2D eigenvalue weighted by molar-refractivity contribution is 5.77. The van der Waals surface area contributed by atoms with Crippen LogP contribution in [-0.2, 0) is 16.1 Å². The highest BCUT2D eigenvalue weighted by Gasteiger charge is 2.47. The highest BCUT2D eigenvalue weighted by Crippen LogP contribution is 2.31. The Hall–Kier alpha value is -2.75. The monoisotopic (exact) mass is 495 g/mol. The number of piperidine rings is 1. The number of benzene rings is 1. The van der Waals surface area contributed by atoms with E-state index in [-0.39, 0.29) is 29.5 Å². The summed E-state index contributed by atoms with van der Waals surface area (Å²) in [6, 6.07) is 11.6. The summed E-state index contributed by atoms with van der Waals surface area (Å²) in [6.45, 7) is 7.23. The van der Waals surface area contributed by atoms with E-state index in [9.17, 15) is 14.7 Å².